The number of nitrogens with zero attached hydrogens (tertiary/aromatic N) is 2. The first kappa shape index (κ1) is 23.5. The molecule has 4 aromatic rings. The molecule has 2 heterocycles. The number of aromatic nitrogens is 1. The molecule has 1 aromatic heterocycles. The van der Waals surface area contributed by atoms with Crippen molar-refractivity contribution in [3.8, 4) is 22.8 Å². The van der Waals surface area contributed by atoms with Crippen molar-refractivity contribution in [2.75, 3.05) is 24.4 Å². The normalized spacial score (nSPS) is 12.2. The molecule has 0 bridgehead atoms. The highest BCUT2D eigenvalue weighted by atomic mass is 79.9. The molecule has 0 saturated heterocycles. The molecule has 7 nitrogen and oxygen atoms in total. The number of nitrogens with one attached hydrogen (secondary N) is 1. The van der Waals surface area contributed by atoms with E-state index in [9.17, 15) is 9.59 Å². The minimum Gasteiger partial charge on any atom is -0.497 e. The van der Waals surface area contributed by atoms with E-state index in [1.54, 1.807) is 50.6 Å². The van der Waals surface area contributed by atoms with E-state index in [0.29, 0.717) is 33.4 Å². The fourth-order valence-corrected chi connectivity index (χ4v) is 4.45. The van der Waals surface area contributed by atoms with Crippen molar-refractivity contribution in [3.63, 3.8) is 0 Å². The van der Waals surface area contributed by atoms with Crippen LogP contribution in [0.4, 0.5) is 16.5 Å². The molecule has 1 N–H and O–H groups in total. The van der Waals surface area contributed by atoms with Gasteiger partial charge in [0.25, 0.3) is 11.8 Å². The Morgan fingerprint density at radius 1 is 0.882 bits per heavy atom. The molecule has 34 heavy (non-hydrogen) atoms. The molecular weight excluding hydrogens is 518 g/mol. The zero-order valence-corrected chi connectivity index (χ0v) is 20.8. The third-order valence-corrected chi connectivity index (χ3v) is 6.10. The quantitative estimate of drug-likeness (QED) is 0.306. The first-order valence-electron chi connectivity index (χ1n) is 10.1. The Bertz CT molecular complexity index is 1350. The molecule has 172 valence electrons. The molecule has 2 amide bonds. The summed E-state index contributed by atoms with van der Waals surface area (Å²) in [6.07, 6.45) is 0. The van der Waals surface area contributed by atoms with E-state index in [0.717, 1.165) is 16.9 Å². The summed E-state index contributed by atoms with van der Waals surface area (Å²) in [5.74, 6) is 0.723. The van der Waals surface area contributed by atoms with E-state index in [1.165, 1.54) is 16.2 Å². The number of imide groups is 1. The molecule has 0 aliphatic carbocycles. The van der Waals surface area contributed by atoms with E-state index in [4.69, 9.17) is 9.47 Å². The number of halogens is 1. The van der Waals surface area contributed by atoms with Crippen LogP contribution < -0.4 is 19.7 Å². The van der Waals surface area contributed by atoms with Gasteiger partial charge < -0.3 is 14.8 Å². The van der Waals surface area contributed by atoms with Crippen molar-refractivity contribution in [1.29, 1.82) is 0 Å². The number of carbonyl (C=O) groups is 2. The van der Waals surface area contributed by atoms with Gasteiger partial charge in [0.05, 0.1) is 42.4 Å². The van der Waals surface area contributed by atoms with Gasteiger partial charge in [0, 0.05) is 17.0 Å². The number of rotatable bonds is 6. The third-order valence-electron chi connectivity index (χ3n) is 5.35. The maximum atomic E-state index is 12.8. The second kappa shape index (κ2) is 9.66. The number of thiazole rings is 1. The lowest BCUT2D eigenvalue weighted by Gasteiger charge is -2.14. The molecular formula is C25H20BrN3O4S. The van der Waals surface area contributed by atoms with Gasteiger partial charge in [0.15, 0.2) is 5.13 Å². The summed E-state index contributed by atoms with van der Waals surface area (Å²) < 4.78 is 10.7. The van der Waals surface area contributed by atoms with E-state index >= 15 is 0 Å². The van der Waals surface area contributed by atoms with Gasteiger partial charge in [-0.2, -0.15) is 0 Å². The highest BCUT2D eigenvalue weighted by Crippen LogP contribution is 2.35. The number of fused-ring (bicyclic) bond motifs is 1. The minimum absolute atomic E-state index is 0. The Balaban J connectivity index is 0.00000274. The van der Waals surface area contributed by atoms with E-state index < -0.39 is 0 Å². The summed E-state index contributed by atoms with van der Waals surface area (Å²) in [5.41, 5.74) is 3.60. The molecule has 0 radical (unpaired) electrons. The van der Waals surface area contributed by atoms with Gasteiger partial charge in [-0.3, -0.25) is 9.59 Å². The molecule has 9 heteroatoms. The number of anilines is 3. The predicted octanol–water partition coefficient (Wildman–Crippen LogP) is 5.95. The number of amides is 2. The molecule has 0 fully saturated rings. The molecule has 0 unspecified atom stereocenters. The van der Waals surface area contributed by atoms with Crippen molar-refractivity contribution >= 4 is 56.6 Å². The minimum atomic E-state index is -0.321. The van der Waals surface area contributed by atoms with Crippen LogP contribution in [0, 0.1) is 0 Å². The standard InChI is InChI=1S/C25H19N3O4S.BrH/c1-31-17-10-11-22(32-2)20(13-17)26-25-27-21(14-33-25)15-6-5-7-16(12-15)28-23(29)18-8-3-4-9-19(18)24(28)30;/h3-14H,1-2H3,(H,26,27);1H. The second-order valence-corrected chi connectivity index (χ2v) is 8.13. The molecule has 1 aliphatic heterocycles. The zero-order chi connectivity index (χ0) is 22.9. The second-order valence-electron chi connectivity index (χ2n) is 7.27. The molecule has 1 aliphatic rings. The summed E-state index contributed by atoms with van der Waals surface area (Å²) in [6, 6.07) is 19.6. The number of ether oxygens (including phenoxy) is 2. The Morgan fingerprint density at radius 2 is 1.62 bits per heavy atom. The van der Waals surface area contributed by atoms with Gasteiger partial charge in [-0.1, -0.05) is 24.3 Å². The fourth-order valence-electron chi connectivity index (χ4n) is 3.72. The number of benzene rings is 3. The Hall–Kier alpha value is -3.69. The largest absolute Gasteiger partial charge is 0.497 e. The van der Waals surface area contributed by atoms with Crippen LogP contribution in [0.3, 0.4) is 0 Å². The summed E-state index contributed by atoms with van der Waals surface area (Å²) in [4.78, 5) is 31.6. The van der Waals surface area contributed by atoms with Gasteiger partial charge in [0.1, 0.15) is 11.5 Å². The number of carbonyl (C=O) groups excluding carboxylic acids is 2. The SMILES string of the molecule is Br.COc1ccc(OC)c(Nc2nc(-c3cccc(N4C(=O)c5ccccc5C4=O)c3)cs2)c1. The first-order chi connectivity index (χ1) is 16.1. The highest BCUT2D eigenvalue weighted by Gasteiger charge is 2.36. The van der Waals surface area contributed by atoms with Crippen LogP contribution in [0.2, 0.25) is 0 Å². The molecule has 0 atom stereocenters. The van der Waals surface area contributed by atoms with Crippen LogP contribution in [-0.4, -0.2) is 31.0 Å². The van der Waals surface area contributed by atoms with Crippen LogP contribution >= 0.6 is 28.3 Å². The van der Waals surface area contributed by atoms with Crippen molar-refractivity contribution in [2.24, 2.45) is 0 Å². The topological polar surface area (TPSA) is 80.8 Å². The van der Waals surface area contributed by atoms with Gasteiger partial charge in [-0.15, -0.1) is 28.3 Å². The van der Waals surface area contributed by atoms with E-state index in [1.807, 2.05) is 35.7 Å². The van der Waals surface area contributed by atoms with Crippen molar-refractivity contribution < 1.29 is 19.1 Å². The average Bonchev–Trinajstić information content (AvgIpc) is 3.42. The molecule has 3 aromatic carbocycles. The Labute approximate surface area is 210 Å². The third kappa shape index (κ3) is 4.15. The van der Waals surface area contributed by atoms with Crippen LogP contribution in [0.15, 0.2) is 72.1 Å². The smallest absolute Gasteiger partial charge is 0.266 e. The summed E-state index contributed by atoms with van der Waals surface area (Å²) in [6.45, 7) is 0. The number of hydrogen-bond acceptors (Lipinski definition) is 7. The van der Waals surface area contributed by atoms with Crippen molar-refractivity contribution in [3.05, 3.63) is 83.2 Å². The summed E-state index contributed by atoms with van der Waals surface area (Å²) in [5, 5.41) is 5.85. The van der Waals surface area contributed by atoms with Crippen LogP contribution in [0.1, 0.15) is 20.7 Å². The zero-order valence-electron chi connectivity index (χ0n) is 18.3. The molecule has 5 rings (SSSR count). The monoisotopic (exact) mass is 537 g/mol. The van der Waals surface area contributed by atoms with E-state index in [-0.39, 0.29) is 28.8 Å². The van der Waals surface area contributed by atoms with Crippen molar-refractivity contribution in [1.82, 2.24) is 4.98 Å². The number of methoxy groups -OCH3 is 2. The van der Waals surface area contributed by atoms with Crippen molar-refractivity contribution in [2.45, 2.75) is 0 Å². The lowest BCUT2D eigenvalue weighted by Crippen LogP contribution is -2.29. The average molecular weight is 538 g/mol. The maximum absolute atomic E-state index is 12.8. The van der Waals surface area contributed by atoms with Crippen LogP contribution in [0.5, 0.6) is 11.5 Å². The van der Waals surface area contributed by atoms with E-state index in [2.05, 4.69) is 10.3 Å². The lowest BCUT2D eigenvalue weighted by atomic mass is 10.1. The molecule has 0 saturated carbocycles. The molecule has 0 spiro atoms. The van der Waals surface area contributed by atoms with Crippen LogP contribution in [0.25, 0.3) is 11.3 Å². The van der Waals surface area contributed by atoms with Gasteiger partial charge in [-0.05, 0) is 36.4 Å². The van der Waals surface area contributed by atoms with Gasteiger partial charge in [-0.25, -0.2) is 9.88 Å². The lowest BCUT2D eigenvalue weighted by molar-refractivity contribution is 0.0926. The van der Waals surface area contributed by atoms with Crippen LogP contribution in [-0.2, 0) is 0 Å². The summed E-state index contributed by atoms with van der Waals surface area (Å²) in [7, 11) is 3.21. The maximum Gasteiger partial charge on any atom is 0.266 e. The summed E-state index contributed by atoms with van der Waals surface area (Å²) >= 11 is 1.43. The Kier molecular flexibility index (Phi) is 6.67. The van der Waals surface area contributed by atoms with Gasteiger partial charge >= 0.3 is 0 Å². The fraction of sp³-hybridized carbons (Fsp3) is 0.0800. The van der Waals surface area contributed by atoms with Gasteiger partial charge in [0.2, 0.25) is 0 Å². The first-order valence-corrected chi connectivity index (χ1v) is 11.0. The highest BCUT2D eigenvalue weighted by molar-refractivity contribution is 8.93. The number of hydrogen-bond donors (Lipinski definition) is 1. The predicted molar refractivity (Wildman–Crippen MR) is 138 cm³/mol. The Morgan fingerprint density at radius 3 is 2.29 bits per heavy atom.